The molecule has 2 heteroatoms. The van der Waals surface area contributed by atoms with Crippen LogP contribution in [0.1, 0.15) is 29.0 Å². The predicted molar refractivity (Wildman–Crippen MR) is 71.0 cm³/mol. The first-order valence-corrected chi connectivity index (χ1v) is 6.33. The van der Waals surface area contributed by atoms with Gasteiger partial charge in [-0.05, 0) is 41.7 Å². The highest BCUT2D eigenvalue weighted by Crippen LogP contribution is 2.36. The van der Waals surface area contributed by atoms with Gasteiger partial charge in [-0.2, -0.15) is 0 Å². The summed E-state index contributed by atoms with van der Waals surface area (Å²) in [6.45, 7) is 0. The van der Waals surface area contributed by atoms with Gasteiger partial charge in [0.05, 0.1) is 0 Å². The minimum Gasteiger partial charge on any atom is -0.327 e. The van der Waals surface area contributed by atoms with Crippen LogP contribution in [-0.2, 0) is 6.42 Å². The molecular weight excluding hydrogens is 225 g/mol. The summed E-state index contributed by atoms with van der Waals surface area (Å²) >= 11 is 0. The third kappa shape index (κ3) is 2.04. The maximum absolute atomic E-state index is 13.0. The molecule has 2 N–H and O–H groups in total. The van der Waals surface area contributed by atoms with Crippen LogP contribution in [0.5, 0.6) is 0 Å². The number of hydrogen-bond acceptors (Lipinski definition) is 1. The van der Waals surface area contributed by atoms with E-state index in [4.69, 9.17) is 5.73 Å². The van der Waals surface area contributed by atoms with Crippen LogP contribution in [0.25, 0.3) is 0 Å². The molecule has 1 aliphatic rings. The number of hydrogen-bond donors (Lipinski definition) is 1. The smallest absolute Gasteiger partial charge is 0.123 e. The summed E-state index contributed by atoms with van der Waals surface area (Å²) in [7, 11) is 0. The molecule has 0 spiro atoms. The number of rotatable bonds is 1. The molecule has 92 valence electrons. The summed E-state index contributed by atoms with van der Waals surface area (Å²) in [5.41, 5.74) is 9.95. The number of benzene rings is 2. The average molecular weight is 241 g/mol. The number of nitrogens with two attached hydrogens (primary N) is 1. The van der Waals surface area contributed by atoms with Crippen LogP contribution in [0, 0.1) is 5.82 Å². The summed E-state index contributed by atoms with van der Waals surface area (Å²) in [4.78, 5) is 0. The lowest BCUT2D eigenvalue weighted by Gasteiger charge is -2.30. The Hall–Kier alpha value is -1.67. The molecule has 2 aromatic rings. The summed E-state index contributed by atoms with van der Waals surface area (Å²) < 4.78 is 13.0. The molecule has 0 aromatic heterocycles. The fourth-order valence-corrected chi connectivity index (χ4v) is 2.87. The van der Waals surface area contributed by atoms with E-state index in [9.17, 15) is 4.39 Å². The molecule has 0 bridgehead atoms. The van der Waals surface area contributed by atoms with Crippen LogP contribution in [-0.4, -0.2) is 6.04 Å². The van der Waals surface area contributed by atoms with Gasteiger partial charge >= 0.3 is 0 Å². The first-order chi connectivity index (χ1) is 8.74. The van der Waals surface area contributed by atoms with Crippen LogP contribution in [0.4, 0.5) is 4.39 Å². The Morgan fingerprint density at radius 3 is 2.50 bits per heavy atom. The van der Waals surface area contributed by atoms with Gasteiger partial charge in [0.1, 0.15) is 5.82 Å². The molecule has 0 saturated carbocycles. The van der Waals surface area contributed by atoms with Crippen LogP contribution >= 0.6 is 0 Å². The zero-order valence-corrected chi connectivity index (χ0v) is 10.1. The minimum absolute atomic E-state index is 0.188. The zero-order chi connectivity index (χ0) is 12.5. The Morgan fingerprint density at radius 2 is 1.72 bits per heavy atom. The van der Waals surface area contributed by atoms with Crippen LogP contribution in [0.15, 0.2) is 48.5 Å². The van der Waals surface area contributed by atoms with Crippen molar-refractivity contribution in [3.05, 3.63) is 71.0 Å². The van der Waals surface area contributed by atoms with E-state index in [1.54, 1.807) is 0 Å². The first-order valence-electron chi connectivity index (χ1n) is 6.33. The van der Waals surface area contributed by atoms with E-state index < -0.39 is 0 Å². The molecule has 0 aliphatic heterocycles. The zero-order valence-electron chi connectivity index (χ0n) is 10.1. The van der Waals surface area contributed by atoms with Crippen LogP contribution in [0.2, 0.25) is 0 Å². The first kappa shape index (κ1) is 11.4. The van der Waals surface area contributed by atoms with Crippen LogP contribution in [0.3, 0.4) is 0 Å². The second-order valence-electron chi connectivity index (χ2n) is 5.00. The van der Waals surface area contributed by atoms with E-state index >= 15 is 0 Å². The van der Waals surface area contributed by atoms with Crippen molar-refractivity contribution in [3.63, 3.8) is 0 Å². The summed E-state index contributed by atoms with van der Waals surface area (Å²) in [5.74, 6) is 0.109. The van der Waals surface area contributed by atoms with Crippen molar-refractivity contribution < 1.29 is 4.39 Å². The van der Waals surface area contributed by atoms with Crippen molar-refractivity contribution in [1.29, 1.82) is 0 Å². The lowest BCUT2D eigenvalue weighted by Crippen LogP contribution is -2.30. The summed E-state index contributed by atoms with van der Waals surface area (Å²) in [6, 6.07) is 15.4. The molecule has 2 aromatic carbocycles. The highest BCUT2D eigenvalue weighted by atomic mass is 19.1. The fourth-order valence-electron chi connectivity index (χ4n) is 2.87. The van der Waals surface area contributed by atoms with E-state index in [2.05, 4.69) is 24.3 Å². The Bertz CT molecular complexity index is 547. The minimum atomic E-state index is -0.188. The van der Waals surface area contributed by atoms with Gasteiger partial charge in [-0.25, -0.2) is 4.39 Å². The maximum atomic E-state index is 13.0. The Kier molecular flexibility index (Phi) is 2.88. The van der Waals surface area contributed by atoms with Crippen molar-refractivity contribution in [2.45, 2.75) is 24.8 Å². The molecule has 3 rings (SSSR count). The van der Waals surface area contributed by atoms with Crippen molar-refractivity contribution in [2.24, 2.45) is 5.73 Å². The normalized spacial score (nSPS) is 22.6. The van der Waals surface area contributed by atoms with Crippen LogP contribution < -0.4 is 5.73 Å². The van der Waals surface area contributed by atoms with Gasteiger partial charge in [0, 0.05) is 12.0 Å². The SMILES string of the molecule is N[C@H]1Cc2ccccc2[C@H](c2ccc(F)cc2)C1. The summed E-state index contributed by atoms with van der Waals surface area (Å²) in [6.07, 6.45) is 1.87. The lowest BCUT2D eigenvalue weighted by atomic mass is 9.77. The lowest BCUT2D eigenvalue weighted by molar-refractivity contribution is 0.530. The van der Waals surface area contributed by atoms with E-state index in [0.29, 0.717) is 5.92 Å². The van der Waals surface area contributed by atoms with E-state index in [-0.39, 0.29) is 11.9 Å². The quantitative estimate of drug-likeness (QED) is 0.815. The Balaban J connectivity index is 2.04. The monoisotopic (exact) mass is 241 g/mol. The van der Waals surface area contributed by atoms with Crippen molar-refractivity contribution in [3.8, 4) is 0 Å². The molecule has 18 heavy (non-hydrogen) atoms. The second kappa shape index (κ2) is 4.54. The highest BCUT2D eigenvalue weighted by molar-refractivity contribution is 5.40. The second-order valence-corrected chi connectivity index (χ2v) is 5.00. The van der Waals surface area contributed by atoms with Gasteiger partial charge in [0.25, 0.3) is 0 Å². The maximum Gasteiger partial charge on any atom is 0.123 e. The fraction of sp³-hybridized carbons (Fsp3) is 0.250. The van der Waals surface area contributed by atoms with Crippen molar-refractivity contribution in [2.75, 3.05) is 0 Å². The van der Waals surface area contributed by atoms with Gasteiger partial charge in [-0.3, -0.25) is 0 Å². The Morgan fingerprint density at radius 1 is 1.00 bits per heavy atom. The van der Waals surface area contributed by atoms with E-state index in [1.807, 2.05) is 12.1 Å². The topological polar surface area (TPSA) is 26.0 Å². The molecule has 1 aliphatic carbocycles. The number of halogens is 1. The number of fused-ring (bicyclic) bond motifs is 1. The molecule has 0 heterocycles. The Labute approximate surface area is 106 Å². The van der Waals surface area contributed by atoms with Gasteiger partial charge in [-0.1, -0.05) is 36.4 Å². The molecule has 2 atom stereocenters. The molecule has 0 amide bonds. The van der Waals surface area contributed by atoms with E-state index in [0.717, 1.165) is 18.4 Å². The van der Waals surface area contributed by atoms with Gasteiger partial charge < -0.3 is 5.73 Å². The highest BCUT2D eigenvalue weighted by Gasteiger charge is 2.25. The average Bonchev–Trinajstić information content (AvgIpc) is 2.38. The van der Waals surface area contributed by atoms with Crippen molar-refractivity contribution >= 4 is 0 Å². The standard InChI is InChI=1S/C16H16FN/c17-13-7-5-11(6-8-13)16-10-14(18)9-12-3-1-2-4-15(12)16/h1-8,14,16H,9-10,18H2/t14-,16-/m0/s1. The summed E-state index contributed by atoms with van der Waals surface area (Å²) in [5, 5.41) is 0. The van der Waals surface area contributed by atoms with Gasteiger partial charge in [-0.15, -0.1) is 0 Å². The predicted octanol–water partition coefficient (Wildman–Crippen LogP) is 3.23. The third-order valence-electron chi connectivity index (χ3n) is 3.72. The third-order valence-corrected chi connectivity index (χ3v) is 3.72. The van der Waals surface area contributed by atoms with E-state index in [1.165, 1.54) is 23.3 Å². The molecule has 0 radical (unpaired) electrons. The van der Waals surface area contributed by atoms with Gasteiger partial charge in [0.2, 0.25) is 0 Å². The molecule has 0 fully saturated rings. The molecular formula is C16H16FN. The molecule has 0 unspecified atom stereocenters. The molecule has 0 saturated heterocycles. The van der Waals surface area contributed by atoms with Crippen molar-refractivity contribution in [1.82, 2.24) is 0 Å². The van der Waals surface area contributed by atoms with Gasteiger partial charge in [0.15, 0.2) is 0 Å². The largest absolute Gasteiger partial charge is 0.327 e. The molecule has 1 nitrogen and oxygen atoms in total.